The summed E-state index contributed by atoms with van der Waals surface area (Å²) in [6, 6.07) is 24.7. The molecule has 0 N–H and O–H groups in total. The molecule has 0 aliphatic rings. The van der Waals surface area contributed by atoms with Gasteiger partial charge in [-0.25, -0.2) is 0 Å². The molecule has 0 fully saturated rings. The Morgan fingerprint density at radius 1 is 0.613 bits per heavy atom. The number of ether oxygens (including phenoxy) is 3. The van der Waals surface area contributed by atoms with E-state index >= 15 is 0 Å². The first kappa shape index (κ1) is 24.2. The number of methoxy groups -OCH3 is 3. The highest BCUT2D eigenvalue weighted by Gasteiger charge is 2.15. The van der Waals surface area contributed by atoms with Gasteiger partial charge in [0.2, 0.25) is 0 Å². The minimum atomic E-state index is 0. The van der Waals surface area contributed by atoms with Crippen molar-refractivity contribution in [1.29, 1.82) is 0 Å². The lowest BCUT2D eigenvalue weighted by molar-refractivity contribution is 0.414. The molecule has 164 valence electrons. The predicted molar refractivity (Wildman–Crippen MR) is 130 cm³/mol. The second kappa shape index (κ2) is 11.3. The summed E-state index contributed by atoms with van der Waals surface area (Å²) in [7, 11) is 9.23. The molecule has 0 saturated heterocycles. The first-order valence-corrected chi connectivity index (χ1v) is 9.88. The van der Waals surface area contributed by atoms with Gasteiger partial charge in [0.1, 0.15) is 17.2 Å². The summed E-state index contributed by atoms with van der Waals surface area (Å²) in [6.45, 7) is 0. The topological polar surface area (TPSA) is 30.9 Å². The van der Waals surface area contributed by atoms with Crippen molar-refractivity contribution in [3.63, 3.8) is 0 Å². The molecule has 3 aromatic carbocycles. The largest absolute Gasteiger partial charge is 0.497 e. The van der Waals surface area contributed by atoms with Crippen LogP contribution in [0.2, 0.25) is 0 Å². The van der Waals surface area contributed by atoms with Gasteiger partial charge in [0.15, 0.2) is 0 Å². The summed E-state index contributed by atoms with van der Waals surface area (Å²) in [4.78, 5) is 2.19. The average molecular weight is 440 g/mol. The van der Waals surface area contributed by atoms with Crippen LogP contribution < -0.4 is 14.2 Å². The number of rotatable bonds is 8. The number of hydrogen-bond donors (Lipinski definition) is 0. The van der Waals surface area contributed by atoms with Gasteiger partial charge in [-0.2, -0.15) is 0 Å². The second-order valence-electron chi connectivity index (χ2n) is 7.20. The van der Waals surface area contributed by atoms with Crippen LogP contribution in [0.1, 0.15) is 16.7 Å². The Balaban J connectivity index is 0.00000341. The minimum absolute atomic E-state index is 0. The maximum absolute atomic E-state index is 5.36. The van der Waals surface area contributed by atoms with Crippen molar-refractivity contribution in [3.8, 4) is 17.2 Å². The van der Waals surface area contributed by atoms with Crippen LogP contribution in [0, 0.1) is 0 Å². The van der Waals surface area contributed by atoms with E-state index in [9.17, 15) is 0 Å². The number of halogens is 1. The summed E-state index contributed by atoms with van der Waals surface area (Å²) >= 11 is 0. The molecule has 0 bridgehead atoms. The van der Waals surface area contributed by atoms with Crippen LogP contribution in [0.3, 0.4) is 0 Å². The Hall–Kier alpha value is -3.11. The van der Waals surface area contributed by atoms with Crippen LogP contribution in [0.25, 0.3) is 5.57 Å². The van der Waals surface area contributed by atoms with Crippen molar-refractivity contribution in [2.45, 2.75) is 6.42 Å². The molecular formula is C26H30ClNO3. The van der Waals surface area contributed by atoms with Gasteiger partial charge in [0.05, 0.1) is 21.3 Å². The third-order valence-corrected chi connectivity index (χ3v) is 5.12. The number of benzene rings is 3. The Morgan fingerprint density at radius 2 is 0.968 bits per heavy atom. The highest BCUT2D eigenvalue weighted by atomic mass is 35.5. The molecule has 0 aliphatic carbocycles. The Kier molecular flexibility index (Phi) is 8.83. The van der Waals surface area contributed by atoms with Gasteiger partial charge in [-0.05, 0) is 53.1 Å². The van der Waals surface area contributed by atoms with Crippen molar-refractivity contribution in [2.24, 2.45) is 0 Å². The molecule has 0 amide bonds. The molecule has 0 spiro atoms. The van der Waals surface area contributed by atoms with Gasteiger partial charge in [-0.3, -0.25) is 0 Å². The van der Waals surface area contributed by atoms with Crippen LogP contribution in [0.5, 0.6) is 17.2 Å². The van der Waals surface area contributed by atoms with E-state index in [-0.39, 0.29) is 12.4 Å². The smallest absolute Gasteiger partial charge is 0.118 e. The van der Waals surface area contributed by atoms with E-state index in [1.807, 2.05) is 36.4 Å². The molecule has 0 aromatic heterocycles. The van der Waals surface area contributed by atoms with Crippen molar-refractivity contribution in [1.82, 2.24) is 4.90 Å². The van der Waals surface area contributed by atoms with Crippen molar-refractivity contribution < 1.29 is 14.2 Å². The Bertz CT molecular complexity index is 929. The lowest BCUT2D eigenvalue weighted by Gasteiger charge is -2.24. The van der Waals surface area contributed by atoms with E-state index in [0.717, 1.165) is 34.8 Å². The molecular weight excluding hydrogens is 410 g/mol. The highest BCUT2D eigenvalue weighted by Crippen LogP contribution is 2.32. The molecule has 3 aromatic rings. The summed E-state index contributed by atoms with van der Waals surface area (Å²) in [5.41, 5.74) is 5.90. The Labute approximate surface area is 191 Å². The molecule has 5 heteroatoms. The monoisotopic (exact) mass is 439 g/mol. The normalized spacial score (nSPS) is 9.97. The van der Waals surface area contributed by atoms with E-state index in [0.29, 0.717) is 0 Å². The minimum Gasteiger partial charge on any atom is -0.497 e. The quantitative estimate of drug-likeness (QED) is 0.450. The van der Waals surface area contributed by atoms with Gasteiger partial charge in [0, 0.05) is 31.8 Å². The standard InChI is InChI=1S/C26H29NO3.ClH/c1-27(2)25(18-19-6-12-22(28-3)13-7-19)26(20-8-14-23(29-4)15-9-20)21-10-16-24(30-5)17-11-21;/h6-17H,18H2,1-5H3;1H. The molecule has 0 saturated carbocycles. The molecule has 0 unspecified atom stereocenters. The first-order valence-electron chi connectivity index (χ1n) is 9.88. The van der Waals surface area contributed by atoms with Crippen LogP contribution in [-0.2, 0) is 6.42 Å². The number of nitrogens with zero attached hydrogens (tertiary/aromatic N) is 1. The molecule has 0 atom stereocenters. The maximum Gasteiger partial charge on any atom is 0.118 e. The summed E-state index contributed by atoms with van der Waals surface area (Å²) < 4.78 is 16.0. The fraction of sp³-hybridized carbons (Fsp3) is 0.231. The van der Waals surface area contributed by atoms with Gasteiger partial charge in [-0.1, -0.05) is 36.4 Å². The van der Waals surface area contributed by atoms with E-state index in [1.165, 1.54) is 16.8 Å². The zero-order chi connectivity index (χ0) is 21.5. The van der Waals surface area contributed by atoms with Crippen LogP contribution in [0.15, 0.2) is 78.5 Å². The Morgan fingerprint density at radius 3 is 1.29 bits per heavy atom. The molecule has 0 heterocycles. The SMILES string of the molecule is COc1ccc(CC(=C(c2ccc(OC)cc2)c2ccc(OC)cc2)N(C)C)cc1.Cl. The van der Waals surface area contributed by atoms with E-state index < -0.39 is 0 Å². The van der Waals surface area contributed by atoms with Gasteiger partial charge in [0.25, 0.3) is 0 Å². The van der Waals surface area contributed by atoms with Crippen LogP contribution in [0.4, 0.5) is 0 Å². The average Bonchev–Trinajstić information content (AvgIpc) is 2.79. The van der Waals surface area contributed by atoms with E-state index in [4.69, 9.17) is 14.2 Å². The summed E-state index contributed by atoms with van der Waals surface area (Å²) in [5.74, 6) is 2.54. The highest BCUT2D eigenvalue weighted by molar-refractivity contribution is 5.85. The zero-order valence-corrected chi connectivity index (χ0v) is 19.5. The fourth-order valence-electron chi connectivity index (χ4n) is 3.42. The van der Waals surface area contributed by atoms with Gasteiger partial charge < -0.3 is 19.1 Å². The summed E-state index contributed by atoms with van der Waals surface area (Å²) in [5, 5.41) is 0. The van der Waals surface area contributed by atoms with Crippen molar-refractivity contribution in [2.75, 3.05) is 35.4 Å². The number of hydrogen-bond acceptors (Lipinski definition) is 4. The van der Waals surface area contributed by atoms with Crippen LogP contribution >= 0.6 is 12.4 Å². The maximum atomic E-state index is 5.36. The molecule has 4 nitrogen and oxygen atoms in total. The lowest BCUT2D eigenvalue weighted by Crippen LogP contribution is -2.16. The second-order valence-corrected chi connectivity index (χ2v) is 7.20. The molecule has 0 aliphatic heterocycles. The molecule has 3 rings (SSSR count). The first-order chi connectivity index (χ1) is 14.5. The third kappa shape index (κ3) is 5.96. The summed E-state index contributed by atoms with van der Waals surface area (Å²) in [6.07, 6.45) is 0.796. The third-order valence-electron chi connectivity index (χ3n) is 5.12. The zero-order valence-electron chi connectivity index (χ0n) is 18.7. The number of likely N-dealkylation sites (N-methyl/N-ethyl adjacent to an activating group) is 1. The molecule has 0 radical (unpaired) electrons. The number of allylic oxidation sites excluding steroid dienone is 1. The van der Waals surface area contributed by atoms with E-state index in [2.05, 4.69) is 55.4 Å². The van der Waals surface area contributed by atoms with Crippen molar-refractivity contribution >= 4 is 18.0 Å². The molecule has 31 heavy (non-hydrogen) atoms. The van der Waals surface area contributed by atoms with Gasteiger partial charge >= 0.3 is 0 Å². The van der Waals surface area contributed by atoms with E-state index in [1.54, 1.807) is 21.3 Å². The van der Waals surface area contributed by atoms with Crippen molar-refractivity contribution in [3.05, 3.63) is 95.2 Å². The lowest BCUT2D eigenvalue weighted by atomic mass is 9.92. The van der Waals surface area contributed by atoms with Gasteiger partial charge in [-0.15, -0.1) is 12.4 Å². The predicted octanol–water partition coefficient (Wildman–Crippen LogP) is 5.70. The van der Waals surface area contributed by atoms with Crippen LogP contribution in [-0.4, -0.2) is 40.3 Å². The fourth-order valence-corrected chi connectivity index (χ4v) is 3.42.